The highest BCUT2D eigenvalue weighted by atomic mass is 15.1. The van der Waals surface area contributed by atoms with Crippen LogP contribution in [0, 0.1) is 5.92 Å². The van der Waals surface area contributed by atoms with Crippen LogP contribution in [0.5, 0.6) is 0 Å². The zero-order valence-electron chi connectivity index (χ0n) is 10.1. The van der Waals surface area contributed by atoms with Crippen molar-refractivity contribution in [1.82, 2.24) is 4.90 Å². The Hall–Kier alpha value is -0.300. The van der Waals surface area contributed by atoms with Crippen LogP contribution in [0.4, 0.5) is 0 Å². The summed E-state index contributed by atoms with van der Waals surface area (Å²) < 4.78 is 0. The molecule has 1 fully saturated rings. The Balaban J connectivity index is 2.28. The van der Waals surface area contributed by atoms with Crippen molar-refractivity contribution in [3.8, 4) is 0 Å². The minimum atomic E-state index is 0.919. The molecule has 0 atom stereocenters. The standard InChI is InChI=1S/C13H25N/c1-4-12(5-2)11-14-9-7-13(6-3)8-10-14/h6,12H,4-5,7-11H2,1-3H3. The third-order valence-corrected chi connectivity index (χ3v) is 3.58. The summed E-state index contributed by atoms with van der Waals surface area (Å²) in [5, 5.41) is 0. The van der Waals surface area contributed by atoms with Crippen molar-refractivity contribution in [3.63, 3.8) is 0 Å². The van der Waals surface area contributed by atoms with Crippen LogP contribution in [0.15, 0.2) is 11.6 Å². The van der Waals surface area contributed by atoms with Gasteiger partial charge in [0.2, 0.25) is 0 Å². The van der Waals surface area contributed by atoms with E-state index in [1.165, 1.54) is 45.3 Å². The number of likely N-dealkylation sites (tertiary alicyclic amines) is 1. The van der Waals surface area contributed by atoms with Gasteiger partial charge < -0.3 is 4.90 Å². The van der Waals surface area contributed by atoms with Crippen molar-refractivity contribution < 1.29 is 0 Å². The second-order valence-electron chi connectivity index (χ2n) is 4.43. The van der Waals surface area contributed by atoms with Crippen LogP contribution < -0.4 is 0 Å². The molecule has 0 N–H and O–H groups in total. The number of hydrogen-bond acceptors (Lipinski definition) is 1. The van der Waals surface area contributed by atoms with Gasteiger partial charge in [-0.2, -0.15) is 0 Å². The maximum atomic E-state index is 2.64. The molecule has 82 valence electrons. The average Bonchev–Trinajstić information content (AvgIpc) is 2.26. The summed E-state index contributed by atoms with van der Waals surface area (Å²) in [6.45, 7) is 10.7. The smallest absolute Gasteiger partial charge is 0.00188 e. The molecule has 1 heterocycles. The van der Waals surface area contributed by atoms with Crippen LogP contribution >= 0.6 is 0 Å². The van der Waals surface area contributed by atoms with Crippen LogP contribution in [-0.2, 0) is 0 Å². The van der Waals surface area contributed by atoms with Crippen LogP contribution in [0.1, 0.15) is 46.5 Å². The first-order chi connectivity index (χ1) is 6.80. The van der Waals surface area contributed by atoms with E-state index in [1.807, 2.05) is 0 Å². The lowest BCUT2D eigenvalue weighted by atomic mass is 9.99. The van der Waals surface area contributed by atoms with Crippen LogP contribution in [0.3, 0.4) is 0 Å². The maximum Gasteiger partial charge on any atom is 0.00188 e. The molecule has 0 spiro atoms. The molecule has 1 saturated heterocycles. The van der Waals surface area contributed by atoms with Gasteiger partial charge in [-0.1, -0.05) is 38.3 Å². The zero-order valence-corrected chi connectivity index (χ0v) is 10.1. The number of allylic oxidation sites excluding steroid dienone is 1. The summed E-state index contributed by atoms with van der Waals surface area (Å²) in [5.74, 6) is 0.919. The molecule has 14 heavy (non-hydrogen) atoms. The zero-order chi connectivity index (χ0) is 10.4. The van der Waals surface area contributed by atoms with E-state index in [0.29, 0.717) is 0 Å². The van der Waals surface area contributed by atoms with Gasteiger partial charge in [0.05, 0.1) is 0 Å². The average molecular weight is 195 g/mol. The molecule has 0 radical (unpaired) electrons. The number of piperidine rings is 1. The number of rotatable bonds is 4. The molecule has 0 unspecified atom stereocenters. The fourth-order valence-electron chi connectivity index (χ4n) is 2.22. The van der Waals surface area contributed by atoms with Crippen LogP contribution in [0.25, 0.3) is 0 Å². The van der Waals surface area contributed by atoms with Crippen molar-refractivity contribution in [3.05, 3.63) is 11.6 Å². The van der Waals surface area contributed by atoms with Crippen molar-refractivity contribution >= 4 is 0 Å². The molecule has 0 aromatic carbocycles. The van der Waals surface area contributed by atoms with Crippen LogP contribution in [0.2, 0.25) is 0 Å². The quantitative estimate of drug-likeness (QED) is 0.621. The largest absolute Gasteiger partial charge is 0.302 e. The molecule has 1 nitrogen and oxygen atoms in total. The lowest BCUT2D eigenvalue weighted by Gasteiger charge is -2.31. The van der Waals surface area contributed by atoms with Gasteiger partial charge in [0.25, 0.3) is 0 Å². The van der Waals surface area contributed by atoms with E-state index in [-0.39, 0.29) is 0 Å². The molecule has 0 bridgehead atoms. The SMILES string of the molecule is CC=C1CCN(CC(CC)CC)CC1. The normalized spacial score (nSPS) is 19.0. The van der Waals surface area contributed by atoms with Gasteiger partial charge in [-0.05, 0) is 25.7 Å². The summed E-state index contributed by atoms with van der Waals surface area (Å²) in [6, 6.07) is 0. The Morgan fingerprint density at radius 2 is 1.79 bits per heavy atom. The Bertz CT molecular complexity index is 170. The summed E-state index contributed by atoms with van der Waals surface area (Å²) in [7, 11) is 0. The van der Waals surface area contributed by atoms with Gasteiger partial charge in [0, 0.05) is 19.6 Å². The molecule has 1 rings (SSSR count). The van der Waals surface area contributed by atoms with Gasteiger partial charge in [-0.25, -0.2) is 0 Å². The topological polar surface area (TPSA) is 3.24 Å². The summed E-state index contributed by atoms with van der Waals surface area (Å²) in [6.07, 6.45) is 7.58. The molecule has 1 heteroatoms. The van der Waals surface area contributed by atoms with Crippen molar-refractivity contribution in [2.45, 2.75) is 46.5 Å². The fraction of sp³-hybridized carbons (Fsp3) is 0.846. The van der Waals surface area contributed by atoms with E-state index < -0.39 is 0 Å². The minimum Gasteiger partial charge on any atom is -0.302 e. The second-order valence-corrected chi connectivity index (χ2v) is 4.43. The first kappa shape index (κ1) is 11.8. The van der Waals surface area contributed by atoms with E-state index >= 15 is 0 Å². The maximum absolute atomic E-state index is 2.64. The molecular weight excluding hydrogens is 170 g/mol. The molecular formula is C13H25N. The highest BCUT2D eigenvalue weighted by Crippen LogP contribution is 2.18. The monoisotopic (exact) mass is 195 g/mol. The summed E-state index contributed by atoms with van der Waals surface area (Å²) in [5.41, 5.74) is 1.66. The molecule has 0 saturated carbocycles. The van der Waals surface area contributed by atoms with E-state index in [4.69, 9.17) is 0 Å². The van der Waals surface area contributed by atoms with Crippen molar-refractivity contribution in [2.24, 2.45) is 5.92 Å². The molecule has 0 aromatic rings. The van der Waals surface area contributed by atoms with E-state index in [2.05, 4.69) is 31.7 Å². The Labute approximate surface area is 89.2 Å². The van der Waals surface area contributed by atoms with Crippen LogP contribution in [-0.4, -0.2) is 24.5 Å². The fourth-order valence-corrected chi connectivity index (χ4v) is 2.22. The summed E-state index contributed by atoms with van der Waals surface area (Å²) in [4.78, 5) is 2.64. The summed E-state index contributed by atoms with van der Waals surface area (Å²) >= 11 is 0. The van der Waals surface area contributed by atoms with Gasteiger partial charge in [-0.3, -0.25) is 0 Å². The highest BCUT2D eigenvalue weighted by molar-refractivity contribution is 5.04. The number of nitrogens with zero attached hydrogens (tertiary/aromatic N) is 1. The highest BCUT2D eigenvalue weighted by Gasteiger charge is 2.15. The molecule has 1 aliphatic heterocycles. The predicted octanol–water partition coefficient (Wildman–Crippen LogP) is 3.46. The molecule has 1 aliphatic rings. The van der Waals surface area contributed by atoms with Gasteiger partial charge >= 0.3 is 0 Å². The lowest BCUT2D eigenvalue weighted by molar-refractivity contribution is 0.211. The minimum absolute atomic E-state index is 0.919. The Morgan fingerprint density at radius 3 is 2.21 bits per heavy atom. The van der Waals surface area contributed by atoms with Gasteiger partial charge in [0.15, 0.2) is 0 Å². The van der Waals surface area contributed by atoms with Gasteiger partial charge in [-0.15, -0.1) is 0 Å². The van der Waals surface area contributed by atoms with Crippen molar-refractivity contribution in [1.29, 1.82) is 0 Å². The molecule has 0 aromatic heterocycles. The first-order valence-corrected chi connectivity index (χ1v) is 6.16. The van der Waals surface area contributed by atoms with E-state index in [0.717, 1.165) is 5.92 Å². The van der Waals surface area contributed by atoms with E-state index in [1.54, 1.807) is 5.57 Å². The van der Waals surface area contributed by atoms with E-state index in [9.17, 15) is 0 Å². The third-order valence-electron chi connectivity index (χ3n) is 3.58. The predicted molar refractivity (Wildman–Crippen MR) is 63.5 cm³/mol. The second kappa shape index (κ2) is 6.23. The van der Waals surface area contributed by atoms with Gasteiger partial charge in [0.1, 0.15) is 0 Å². The third kappa shape index (κ3) is 3.45. The Kier molecular flexibility index (Phi) is 5.24. The first-order valence-electron chi connectivity index (χ1n) is 6.16. The number of hydrogen-bond donors (Lipinski definition) is 0. The molecule has 0 aliphatic carbocycles. The lowest BCUT2D eigenvalue weighted by Crippen LogP contribution is -2.34. The van der Waals surface area contributed by atoms with Crippen molar-refractivity contribution in [2.75, 3.05) is 19.6 Å². The molecule has 0 amide bonds. The Morgan fingerprint density at radius 1 is 1.21 bits per heavy atom.